The highest BCUT2D eigenvalue weighted by atomic mass is 16.6. The number of epoxide rings is 1. The fraction of sp³-hybridized carbons (Fsp3) is 0.525. The number of hydrogen-bond donors (Lipinski definition) is 3. The minimum Gasteiger partial charge on any atom is -0.393 e. The normalized spacial score (nSPS) is 34.7. The van der Waals surface area contributed by atoms with Gasteiger partial charge in [-0.2, -0.15) is 0 Å². The lowest BCUT2D eigenvalue weighted by Gasteiger charge is -2.44. The van der Waals surface area contributed by atoms with Gasteiger partial charge in [-0.3, -0.25) is 0 Å². The lowest BCUT2D eigenvalue weighted by Crippen LogP contribution is -2.49. The minimum absolute atomic E-state index is 0.104. The van der Waals surface area contributed by atoms with Crippen molar-refractivity contribution in [2.24, 2.45) is 10.8 Å². The first kappa shape index (κ1) is 35.8. The van der Waals surface area contributed by atoms with Crippen molar-refractivity contribution in [1.82, 2.24) is 0 Å². The zero-order chi connectivity index (χ0) is 33.0. The Morgan fingerprint density at radius 1 is 0.750 bits per heavy atom. The maximum Gasteiger partial charge on any atom is 0.121 e. The summed E-state index contributed by atoms with van der Waals surface area (Å²) in [7, 11) is 0. The van der Waals surface area contributed by atoms with Gasteiger partial charge >= 0.3 is 0 Å². The molecule has 2 aliphatic carbocycles. The van der Waals surface area contributed by atoms with Crippen LogP contribution in [0.3, 0.4) is 0 Å². The monoisotopic (exact) mass is 600 g/mol. The number of aliphatic hydroxyl groups is 3. The maximum atomic E-state index is 10.9. The SMILES string of the molecule is CC(C=C=C1C(C)(C)CCC(O)C1(C)O)=CC=CC(C)=CC=CC=C(C)C=CC=C(C)C=CC12OC1(C)CC(O)CC2(C)C. The van der Waals surface area contributed by atoms with Crippen LogP contribution in [0.4, 0.5) is 0 Å². The van der Waals surface area contributed by atoms with Crippen molar-refractivity contribution in [2.75, 3.05) is 0 Å². The number of allylic oxidation sites excluding steroid dienone is 15. The zero-order valence-corrected chi connectivity index (χ0v) is 28.7. The van der Waals surface area contributed by atoms with Crippen LogP contribution in [-0.4, -0.2) is 44.3 Å². The highest BCUT2D eigenvalue weighted by molar-refractivity contribution is 5.37. The quantitative estimate of drug-likeness (QED) is 0.141. The van der Waals surface area contributed by atoms with E-state index in [0.29, 0.717) is 12.8 Å². The summed E-state index contributed by atoms with van der Waals surface area (Å²) in [4.78, 5) is 0. The number of ether oxygens (including phenoxy) is 1. The summed E-state index contributed by atoms with van der Waals surface area (Å²) in [6.45, 7) is 20.6. The zero-order valence-electron chi connectivity index (χ0n) is 28.7. The van der Waals surface area contributed by atoms with E-state index in [1.54, 1.807) is 6.92 Å². The molecule has 0 aromatic rings. The smallest absolute Gasteiger partial charge is 0.121 e. The third kappa shape index (κ3) is 8.30. The van der Waals surface area contributed by atoms with E-state index in [4.69, 9.17) is 4.74 Å². The molecular weight excluding hydrogens is 544 g/mol. The van der Waals surface area contributed by atoms with Crippen LogP contribution in [0.5, 0.6) is 0 Å². The van der Waals surface area contributed by atoms with E-state index in [1.807, 2.05) is 37.3 Å². The first-order chi connectivity index (χ1) is 20.4. The van der Waals surface area contributed by atoms with Gasteiger partial charge in [-0.25, -0.2) is 0 Å². The largest absolute Gasteiger partial charge is 0.393 e. The van der Waals surface area contributed by atoms with Crippen LogP contribution in [0.15, 0.2) is 113 Å². The Hall–Kier alpha value is -2.72. The van der Waals surface area contributed by atoms with Crippen molar-refractivity contribution < 1.29 is 20.1 Å². The van der Waals surface area contributed by atoms with Crippen LogP contribution < -0.4 is 0 Å². The molecule has 0 spiro atoms. The van der Waals surface area contributed by atoms with Crippen molar-refractivity contribution in [2.45, 2.75) is 124 Å². The van der Waals surface area contributed by atoms with Crippen LogP contribution in [-0.2, 0) is 4.74 Å². The number of aliphatic hydroxyl groups excluding tert-OH is 2. The van der Waals surface area contributed by atoms with E-state index >= 15 is 0 Å². The fourth-order valence-electron chi connectivity index (χ4n) is 6.94. The Morgan fingerprint density at radius 2 is 1.27 bits per heavy atom. The third-order valence-corrected chi connectivity index (χ3v) is 9.67. The topological polar surface area (TPSA) is 73.2 Å². The lowest BCUT2D eigenvalue weighted by atomic mass is 9.63. The summed E-state index contributed by atoms with van der Waals surface area (Å²) < 4.78 is 6.24. The summed E-state index contributed by atoms with van der Waals surface area (Å²) in [6.07, 6.45) is 28.6. The number of rotatable bonds is 9. The van der Waals surface area contributed by atoms with Crippen molar-refractivity contribution in [3.63, 3.8) is 0 Å². The molecule has 3 rings (SSSR count). The molecule has 5 unspecified atom stereocenters. The van der Waals surface area contributed by atoms with Crippen molar-refractivity contribution in [3.05, 3.63) is 113 Å². The highest BCUT2D eigenvalue weighted by Crippen LogP contribution is 2.66. The second-order valence-corrected chi connectivity index (χ2v) is 14.8. The molecule has 3 aliphatic rings. The van der Waals surface area contributed by atoms with E-state index < -0.39 is 11.7 Å². The maximum absolute atomic E-state index is 10.9. The molecule has 3 fully saturated rings. The Bertz CT molecular complexity index is 1380. The molecular formula is C40H56O4. The van der Waals surface area contributed by atoms with Gasteiger partial charge in [-0.05, 0) is 83.9 Å². The van der Waals surface area contributed by atoms with E-state index in [9.17, 15) is 15.3 Å². The van der Waals surface area contributed by atoms with Crippen molar-refractivity contribution >= 4 is 0 Å². The van der Waals surface area contributed by atoms with Gasteiger partial charge in [0.1, 0.15) is 16.8 Å². The van der Waals surface area contributed by atoms with E-state index in [0.717, 1.165) is 40.7 Å². The average molecular weight is 601 g/mol. The van der Waals surface area contributed by atoms with Gasteiger partial charge in [0.2, 0.25) is 0 Å². The first-order valence-electron chi connectivity index (χ1n) is 16.0. The Kier molecular flexibility index (Phi) is 11.2. The van der Waals surface area contributed by atoms with Gasteiger partial charge < -0.3 is 20.1 Å². The number of hydrogen-bond acceptors (Lipinski definition) is 4. The van der Waals surface area contributed by atoms with Gasteiger partial charge in [-0.15, -0.1) is 5.73 Å². The molecule has 0 aromatic heterocycles. The first-order valence-corrected chi connectivity index (χ1v) is 16.0. The molecule has 4 heteroatoms. The van der Waals surface area contributed by atoms with Gasteiger partial charge in [0, 0.05) is 17.4 Å². The molecule has 2 saturated carbocycles. The molecule has 0 radical (unpaired) electrons. The van der Waals surface area contributed by atoms with Crippen LogP contribution >= 0.6 is 0 Å². The van der Waals surface area contributed by atoms with Gasteiger partial charge in [0.15, 0.2) is 0 Å². The Morgan fingerprint density at radius 3 is 1.84 bits per heavy atom. The van der Waals surface area contributed by atoms with Crippen LogP contribution in [0.2, 0.25) is 0 Å². The fourth-order valence-corrected chi connectivity index (χ4v) is 6.94. The minimum atomic E-state index is -1.26. The van der Waals surface area contributed by atoms with Gasteiger partial charge in [-0.1, -0.05) is 111 Å². The molecule has 0 bridgehead atoms. The molecule has 240 valence electrons. The van der Waals surface area contributed by atoms with E-state index in [2.05, 4.69) is 110 Å². The summed E-state index contributed by atoms with van der Waals surface area (Å²) >= 11 is 0. The van der Waals surface area contributed by atoms with E-state index in [1.165, 1.54) is 0 Å². The molecule has 4 nitrogen and oxygen atoms in total. The average Bonchev–Trinajstić information content (AvgIpc) is 3.53. The second kappa shape index (κ2) is 13.7. The van der Waals surface area contributed by atoms with E-state index in [-0.39, 0.29) is 28.1 Å². The lowest BCUT2D eigenvalue weighted by molar-refractivity contribution is -0.0719. The number of fused-ring (bicyclic) bond motifs is 1. The molecule has 1 heterocycles. The second-order valence-electron chi connectivity index (χ2n) is 14.8. The molecule has 44 heavy (non-hydrogen) atoms. The standard InChI is InChI=1S/C40H56O4/c1-29(17-13-19-31(3)21-22-34-36(5,6)25-24-35(42)39(34,10)43)15-11-12-16-30(2)18-14-20-32(4)23-26-40-37(7,8)27-33(41)28-38(40,9)44-40/h11-21,23,26,33,35,41-43H,24-25,27-28H2,1-10H3. The van der Waals surface area contributed by atoms with Crippen LogP contribution in [0.25, 0.3) is 0 Å². The predicted octanol–water partition coefficient (Wildman–Crippen LogP) is 8.72. The summed E-state index contributed by atoms with van der Waals surface area (Å²) in [5.41, 5.74) is 6.36. The molecule has 1 aliphatic heterocycles. The van der Waals surface area contributed by atoms with Crippen molar-refractivity contribution in [1.29, 1.82) is 0 Å². The Balaban J connectivity index is 1.54. The molecule has 1 saturated heterocycles. The van der Waals surface area contributed by atoms with Gasteiger partial charge in [0.05, 0.1) is 12.2 Å². The highest BCUT2D eigenvalue weighted by Gasteiger charge is 2.74. The van der Waals surface area contributed by atoms with Crippen molar-refractivity contribution in [3.8, 4) is 0 Å². The Labute approximate surface area is 267 Å². The summed E-state index contributed by atoms with van der Waals surface area (Å²) in [5.74, 6) is 0. The summed E-state index contributed by atoms with van der Waals surface area (Å²) in [5, 5.41) is 31.4. The van der Waals surface area contributed by atoms with Crippen LogP contribution in [0.1, 0.15) is 94.9 Å². The summed E-state index contributed by atoms with van der Waals surface area (Å²) in [6, 6.07) is 0. The molecule has 0 aromatic carbocycles. The third-order valence-electron chi connectivity index (χ3n) is 9.67. The predicted molar refractivity (Wildman–Crippen MR) is 184 cm³/mol. The van der Waals surface area contributed by atoms with Gasteiger partial charge in [0.25, 0.3) is 0 Å². The molecule has 5 atom stereocenters. The molecule has 0 amide bonds. The molecule has 3 N–H and O–H groups in total. The van der Waals surface area contributed by atoms with Crippen LogP contribution in [0, 0.1) is 10.8 Å².